The number of nitrogens with two attached hydrogens (primary N) is 1. The molecule has 1 aromatic rings. The van der Waals surface area contributed by atoms with E-state index in [1.54, 1.807) is 12.1 Å². The molecule has 0 aliphatic rings. The summed E-state index contributed by atoms with van der Waals surface area (Å²) in [5, 5.41) is 5.67. The lowest BCUT2D eigenvalue weighted by Gasteiger charge is -2.08. The van der Waals surface area contributed by atoms with Crippen LogP contribution in [-0.2, 0) is 11.3 Å². The van der Waals surface area contributed by atoms with Crippen LogP contribution < -0.4 is 16.4 Å². The zero-order valence-corrected chi connectivity index (χ0v) is 14.0. The van der Waals surface area contributed by atoms with Crippen molar-refractivity contribution in [1.29, 1.82) is 0 Å². The van der Waals surface area contributed by atoms with E-state index in [0.29, 0.717) is 31.5 Å². The summed E-state index contributed by atoms with van der Waals surface area (Å²) in [5.74, 6) is -0.102. The molecule has 0 saturated heterocycles. The first kappa shape index (κ1) is 20.4. The number of carbonyl (C=O) groups excluding carboxylic acids is 2. The molecule has 4 N–H and O–H groups in total. The van der Waals surface area contributed by atoms with E-state index in [-0.39, 0.29) is 30.3 Å². The van der Waals surface area contributed by atoms with Crippen molar-refractivity contribution >= 4 is 24.2 Å². The average molecular weight is 328 g/mol. The van der Waals surface area contributed by atoms with Crippen LogP contribution in [0.5, 0.6) is 0 Å². The first-order valence-corrected chi connectivity index (χ1v) is 7.42. The summed E-state index contributed by atoms with van der Waals surface area (Å²) in [6, 6.07) is 7.32. The number of hydrogen-bond acceptors (Lipinski definition) is 3. The van der Waals surface area contributed by atoms with Crippen molar-refractivity contribution < 1.29 is 9.59 Å². The van der Waals surface area contributed by atoms with Gasteiger partial charge in [0.05, 0.1) is 0 Å². The van der Waals surface area contributed by atoms with Gasteiger partial charge in [-0.05, 0) is 37.5 Å². The fourth-order valence-corrected chi connectivity index (χ4v) is 1.81. The molecule has 6 heteroatoms. The van der Waals surface area contributed by atoms with Crippen molar-refractivity contribution in [3.8, 4) is 0 Å². The van der Waals surface area contributed by atoms with Gasteiger partial charge >= 0.3 is 0 Å². The summed E-state index contributed by atoms with van der Waals surface area (Å²) >= 11 is 0. The van der Waals surface area contributed by atoms with Gasteiger partial charge in [0.25, 0.3) is 5.91 Å². The van der Waals surface area contributed by atoms with Crippen molar-refractivity contribution in [1.82, 2.24) is 10.6 Å². The van der Waals surface area contributed by atoms with Crippen molar-refractivity contribution in [3.05, 3.63) is 35.4 Å². The van der Waals surface area contributed by atoms with Crippen LogP contribution in [-0.4, -0.2) is 24.4 Å². The highest BCUT2D eigenvalue weighted by Gasteiger charge is 2.07. The fourth-order valence-electron chi connectivity index (χ4n) is 1.81. The Morgan fingerprint density at radius 3 is 2.64 bits per heavy atom. The summed E-state index contributed by atoms with van der Waals surface area (Å²) in [4.78, 5) is 23.5. The molecule has 0 aliphatic heterocycles. The maximum absolute atomic E-state index is 11.9. The van der Waals surface area contributed by atoms with Gasteiger partial charge in [0.15, 0.2) is 0 Å². The van der Waals surface area contributed by atoms with Gasteiger partial charge in [0.1, 0.15) is 0 Å². The predicted octanol–water partition coefficient (Wildman–Crippen LogP) is 1.99. The summed E-state index contributed by atoms with van der Waals surface area (Å²) < 4.78 is 0. The predicted molar refractivity (Wildman–Crippen MR) is 91.0 cm³/mol. The molecule has 0 spiro atoms. The van der Waals surface area contributed by atoms with Gasteiger partial charge < -0.3 is 16.4 Å². The minimum atomic E-state index is -0.0815. The van der Waals surface area contributed by atoms with E-state index >= 15 is 0 Å². The maximum atomic E-state index is 11.9. The van der Waals surface area contributed by atoms with Crippen molar-refractivity contribution in [2.75, 3.05) is 6.54 Å². The summed E-state index contributed by atoms with van der Waals surface area (Å²) in [7, 11) is 0. The summed E-state index contributed by atoms with van der Waals surface area (Å²) in [6.07, 6.45) is 2.00. The smallest absolute Gasteiger partial charge is 0.251 e. The molecule has 0 fully saturated rings. The van der Waals surface area contributed by atoms with Gasteiger partial charge in [-0.2, -0.15) is 0 Å². The number of carbonyl (C=O) groups is 2. The zero-order valence-electron chi connectivity index (χ0n) is 13.2. The van der Waals surface area contributed by atoms with Gasteiger partial charge in [-0.25, -0.2) is 0 Å². The molecule has 1 aromatic carbocycles. The molecule has 0 saturated carbocycles. The molecule has 0 radical (unpaired) electrons. The molecule has 0 aliphatic carbocycles. The van der Waals surface area contributed by atoms with Gasteiger partial charge in [-0.15, -0.1) is 12.4 Å². The molecule has 0 heterocycles. The van der Waals surface area contributed by atoms with E-state index in [0.717, 1.165) is 12.0 Å². The second-order valence-electron chi connectivity index (χ2n) is 5.25. The lowest BCUT2D eigenvalue weighted by atomic mass is 10.1. The SMILES string of the molecule is CCCNC(=O)c1cccc(CNC(=O)CCC(C)N)c1.Cl. The van der Waals surface area contributed by atoms with E-state index in [9.17, 15) is 9.59 Å². The molecular weight excluding hydrogens is 302 g/mol. The molecule has 124 valence electrons. The first-order valence-electron chi connectivity index (χ1n) is 7.42. The van der Waals surface area contributed by atoms with E-state index in [2.05, 4.69) is 10.6 Å². The number of amides is 2. The molecule has 5 nitrogen and oxygen atoms in total. The standard InChI is InChI=1S/C16H25N3O2.ClH/c1-3-9-18-16(21)14-6-4-5-13(10-14)11-19-15(20)8-7-12(2)17;/h4-6,10,12H,3,7-9,11,17H2,1-2H3,(H,18,21)(H,19,20);1H. The maximum Gasteiger partial charge on any atom is 0.251 e. The van der Waals surface area contributed by atoms with Crippen LogP contribution >= 0.6 is 12.4 Å². The third kappa shape index (κ3) is 8.00. The zero-order chi connectivity index (χ0) is 15.7. The number of halogens is 1. The normalized spacial score (nSPS) is 11.2. The highest BCUT2D eigenvalue weighted by Crippen LogP contribution is 2.05. The van der Waals surface area contributed by atoms with E-state index in [4.69, 9.17) is 5.73 Å². The molecular formula is C16H26ClN3O2. The van der Waals surface area contributed by atoms with Gasteiger partial charge in [0, 0.05) is 31.1 Å². The largest absolute Gasteiger partial charge is 0.352 e. The Balaban J connectivity index is 0.00000441. The minimum absolute atomic E-state index is 0. The highest BCUT2D eigenvalue weighted by molar-refractivity contribution is 5.94. The summed E-state index contributed by atoms with van der Waals surface area (Å²) in [6.45, 7) is 4.98. The molecule has 0 aromatic heterocycles. The van der Waals surface area contributed by atoms with Crippen molar-refractivity contribution in [2.24, 2.45) is 5.73 Å². The monoisotopic (exact) mass is 327 g/mol. The van der Waals surface area contributed by atoms with Crippen LogP contribution in [0, 0.1) is 0 Å². The lowest BCUT2D eigenvalue weighted by Crippen LogP contribution is -2.26. The third-order valence-electron chi connectivity index (χ3n) is 3.04. The second kappa shape index (κ2) is 11.0. The van der Waals surface area contributed by atoms with Crippen molar-refractivity contribution in [2.45, 2.75) is 45.7 Å². The van der Waals surface area contributed by atoms with E-state index in [1.807, 2.05) is 26.0 Å². The molecule has 1 unspecified atom stereocenters. The molecule has 1 rings (SSSR count). The first-order chi connectivity index (χ1) is 10.0. The van der Waals surface area contributed by atoms with Crippen LogP contribution in [0.25, 0.3) is 0 Å². The Kier molecular flexibility index (Phi) is 10.2. The number of nitrogens with one attached hydrogen (secondary N) is 2. The second-order valence-corrected chi connectivity index (χ2v) is 5.25. The Hall–Kier alpha value is -1.59. The minimum Gasteiger partial charge on any atom is -0.352 e. The molecule has 0 bridgehead atoms. The number of benzene rings is 1. The summed E-state index contributed by atoms with van der Waals surface area (Å²) in [5.41, 5.74) is 7.14. The molecule has 2 amide bonds. The van der Waals surface area contributed by atoms with Crippen LogP contribution in [0.1, 0.15) is 49.0 Å². The Morgan fingerprint density at radius 2 is 2.00 bits per heavy atom. The lowest BCUT2D eigenvalue weighted by molar-refractivity contribution is -0.121. The van der Waals surface area contributed by atoms with Crippen LogP contribution in [0.4, 0.5) is 0 Å². The Bertz CT molecular complexity index is 478. The third-order valence-corrected chi connectivity index (χ3v) is 3.04. The molecule has 1 atom stereocenters. The van der Waals surface area contributed by atoms with Gasteiger partial charge in [-0.1, -0.05) is 19.1 Å². The fraction of sp³-hybridized carbons (Fsp3) is 0.500. The van der Waals surface area contributed by atoms with Crippen LogP contribution in [0.2, 0.25) is 0 Å². The topological polar surface area (TPSA) is 84.2 Å². The van der Waals surface area contributed by atoms with E-state index < -0.39 is 0 Å². The van der Waals surface area contributed by atoms with Crippen LogP contribution in [0.3, 0.4) is 0 Å². The van der Waals surface area contributed by atoms with Crippen molar-refractivity contribution in [3.63, 3.8) is 0 Å². The molecule has 22 heavy (non-hydrogen) atoms. The number of rotatable bonds is 8. The number of hydrogen-bond donors (Lipinski definition) is 3. The Labute approximate surface area is 138 Å². The highest BCUT2D eigenvalue weighted by atomic mass is 35.5. The van der Waals surface area contributed by atoms with Gasteiger partial charge in [0.2, 0.25) is 5.91 Å². The Morgan fingerprint density at radius 1 is 1.27 bits per heavy atom. The van der Waals surface area contributed by atoms with E-state index in [1.165, 1.54) is 0 Å². The quantitative estimate of drug-likeness (QED) is 0.682. The van der Waals surface area contributed by atoms with Crippen LogP contribution in [0.15, 0.2) is 24.3 Å². The van der Waals surface area contributed by atoms with Gasteiger partial charge in [-0.3, -0.25) is 9.59 Å². The average Bonchev–Trinajstić information content (AvgIpc) is 2.48.